The van der Waals surface area contributed by atoms with Gasteiger partial charge in [0, 0.05) is 19.7 Å². The van der Waals surface area contributed by atoms with Crippen molar-refractivity contribution < 1.29 is 14.8 Å². The van der Waals surface area contributed by atoms with Crippen molar-refractivity contribution in [2.45, 2.75) is 45.1 Å². The van der Waals surface area contributed by atoms with E-state index in [1.165, 1.54) is 56.1 Å². The molecule has 0 aromatic carbocycles. The molecular formula is C18H27N5O3. The molecule has 26 heavy (non-hydrogen) atoms. The van der Waals surface area contributed by atoms with E-state index in [4.69, 9.17) is 5.21 Å². The molecule has 1 saturated carbocycles. The third-order valence-corrected chi connectivity index (χ3v) is 4.56. The van der Waals surface area contributed by atoms with Crippen molar-refractivity contribution in [1.82, 2.24) is 20.3 Å². The summed E-state index contributed by atoms with van der Waals surface area (Å²) in [6, 6.07) is -0.403. The molecule has 1 heterocycles. The Balaban J connectivity index is 1.85. The lowest BCUT2D eigenvalue weighted by Gasteiger charge is -2.29. The number of hydroxylamine groups is 1. The Morgan fingerprint density at radius 2 is 2.04 bits per heavy atom. The Morgan fingerprint density at radius 1 is 1.31 bits per heavy atom. The summed E-state index contributed by atoms with van der Waals surface area (Å²) in [5, 5.41) is 11.5. The van der Waals surface area contributed by atoms with E-state index in [-0.39, 0.29) is 5.91 Å². The summed E-state index contributed by atoms with van der Waals surface area (Å²) >= 11 is 0. The van der Waals surface area contributed by atoms with Crippen LogP contribution in [0.3, 0.4) is 0 Å². The van der Waals surface area contributed by atoms with Gasteiger partial charge in [0.25, 0.3) is 5.91 Å². The SMILES string of the molecule is C[C@@H](Nc1cnc(/C=C/C(=O)NO)cn1)C(=O)N(C)CC1CCCCC1. The molecule has 3 N–H and O–H groups in total. The van der Waals surface area contributed by atoms with Gasteiger partial charge in [-0.2, -0.15) is 0 Å². The predicted octanol–water partition coefficient (Wildman–Crippen LogP) is 1.83. The van der Waals surface area contributed by atoms with Gasteiger partial charge in [-0.15, -0.1) is 0 Å². The van der Waals surface area contributed by atoms with Gasteiger partial charge in [-0.05, 0) is 31.8 Å². The van der Waals surface area contributed by atoms with Crippen molar-refractivity contribution in [1.29, 1.82) is 0 Å². The van der Waals surface area contributed by atoms with Gasteiger partial charge in [-0.25, -0.2) is 10.5 Å². The normalized spacial score (nSPS) is 16.3. The van der Waals surface area contributed by atoms with E-state index in [9.17, 15) is 9.59 Å². The third-order valence-electron chi connectivity index (χ3n) is 4.56. The highest BCUT2D eigenvalue weighted by atomic mass is 16.5. The molecule has 8 nitrogen and oxygen atoms in total. The average molecular weight is 361 g/mol. The molecule has 1 aliphatic rings. The average Bonchev–Trinajstić information content (AvgIpc) is 2.67. The Kier molecular flexibility index (Phi) is 7.53. The maximum atomic E-state index is 12.5. The fraction of sp³-hybridized carbons (Fsp3) is 0.556. The molecule has 0 radical (unpaired) electrons. The molecular weight excluding hydrogens is 334 g/mol. The van der Waals surface area contributed by atoms with Crippen LogP contribution in [0.2, 0.25) is 0 Å². The molecule has 1 atom stereocenters. The number of carbonyl (C=O) groups is 2. The van der Waals surface area contributed by atoms with Crippen molar-refractivity contribution in [3.63, 3.8) is 0 Å². The topological polar surface area (TPSA) is 107 Å². The number of hydrogen-bond acceptors (Lipinski definition) is 6. The molecule has 8 heteroatoms. The number of likely N-dealkylation sites (N-methyl/N-ethyl adjacent to an activating group) is 1. The van der Waals surface area contributed by atoms with E-state index in [1.807, 2.05) is 7.05 Å². The summed E-state index contributed by atoms with van der Waals surface area (Å²) in [5.41, 5.74) is 1.96. The fourth-order valence-corrected chi connectivity index (χ4v) is 3.16. The van der Waals surface area contributed by atoms with Crippen LogP contribution in [0.4, 0.5) is 5.82 Å². The van der Waals surface area contributed by atoms with Gasteiger partial charge in [-0.1, -0.05) is 19.3 Å². The van der Waals surface area contributed by atoms with Crippen LogP contribution in [-0.4, -0.2) is 51.5 Å². The van der Waals surface area contributed by atoms with E-state index in [0.29, 0.717) is 17.4 Å². The van der Waals surface area contributed by atoms with Gasteiger partial charge < -0.3 is 10.2 Å². The van der Waals surface area contributed by atoms with Crippen molar-refractivity contribution in [2.24, 2.45) is 5.92 Å². The highest BCUT2D eigenvalue weighted by Gasteiger charge is 2.22. The Labute approximate surface area is 153 Å². The van der Waals surface area contributed by atoms with Crippen LogP contribution in [-0.2, 0) is 9.59 Å². The molecule has 2 rings (SSSR count). The number of hydrogen-bond donors (Lipinski definition) is 3. The summed E-state index contributed by atoms with van der Waals surface area (Å²) in [7, 11) is 1.85. The lowest BCUT2D eigenvalue weighted by molar-refractivity contribution is -0.131. The maximum Gasteiger partial charge on any atom is 0.267 e. The molecule has 1 aliphatic carbocycles. The minimum atomic E-state index is -0.644. The smallest absolute Gasteiger partial charge is 0.267 e. The standard InChI is InChI=1S/C18H27N5O3/c1-13(18(25)23(2)12-14-6-4-3-5-7-14)21-16-11-19-15(10-20-16)8-9-17(24)22-26/h8-11,13-14,26H,3-7,12H2,1-2H3,(H,20,21)(H,22,24)/b9-8+/t13-/m1/s1. The molecule has 2 amide bonds. The van der Waals surface area contributed by atoms with E-state index in [0.717, 1.165) is 12.6 Å². The Morgan fingerprint density at radius 3 is 2.65 bits per heavy atom. The van der Waals surface area contributed by atoms with Crippen molar-refractivity contribution in [3.05, 3.63) is 24.2 Å². The van der Waals surface area contributed by atoms with E-state index >= 15 is 0 Å². The number of amides is 2. The first-order chi connectivity index (χ1) is 12.5. The monoisotopic (exact) mass is 361 g/mol. The number of anilines is 1. The van der Waals surface area contributed by atoms with E-state index < -0.39 is 11.9 Å². The number of nitrogens with one attached hydrogen (secondary N) is 2. The highest BCUT2D eigenvalue weighted by Crippen LogP contribution is 2.24. The van der Waals surface area contributed by atoms with Gasteiger partial charge >= 0.3 is 0 Å². The zero-order valence-electron chi connectivity index (χ0n) is 15.3. The van der Waals surface area contributed by atoms with Gasteiger partial charge in [0.15, 0.2) is 0 Å². The maximum absolute atomic E-state index is 12.5. The second-order valence-electron chi connectivity index (χ2n) is 6.72. The van der Waals surface area contributed by atoms with Gasteiger partial charge in [0.2, 0.25) is 5.91 Å². The molecule has 142 valence electrons. The van der Waals surface area contributed by atoms with Crippen LogP contribution in [0.25, 0.3) is 6.08 Å². The zero-order valence-corrected chi connectivity index (χ0v) is 15.3. The molecule has 1 aromatic rings. The first kappa shape index (κ1) is 19.8. The Bertz CT molecular complexity index is 626. The molecule has 1 fully saturated rings. The fourth-order valence-electron chi connectivity index (χ4n) is 3.16. The van der Waals surface area contributed by atoms with Crippen molar-refractivity contribution in [2.75, 3.05) is 18.9 Å². The van der Waals surface area contributed by atoms with E-state index in [2.05, 4.69) is 15.3 Å². The molecule has 1 aromatic heterocycles. The zero-order chi connectivity index (χ0) is 18.9. The Hall–Kier alpha value is -2.48. The minimum Gasteiger partial charge on any atom is -0.357 e. The molecule has 0 bridgehead atoms. The number of carbonyl (C=O) groups excluding carboxylic acids is 2. The van der Waals surface area contributed by atoms with Crippen LogP contribution in [0, 0.1) is 5.92 Å². The summed E-state index contributed by atoms with van der Waals surface area (Å²) in [5.74, 6) is 0.475. The quantitative estimate of drug-likeness (QED) is 0.388. The number of rotatable bonds is 7. The van der Waals surface area contributed by atoms with Crippen LogP contribution in [0.15, 0.2) is 18.5 Å². The molecule has 0 spiro atoms. The lowest BCUT2D eigenvalue weighted by Crippen LogP contribution is -2.41. The van der Waals surface area contributed by atoms with Crippen LogP contribution in [0.1, 0.15) is 44.7 Å². The first-order valence-corrected chi connectivity index (χ1v) is 8.95. The van der Waals surface area contributed by atoms with Crippen LogP contribution < -0.4 is 10.8 Å². The second kappa shape index (κ2) is 9.86. The largest absolute Gasteiger partial charge is 0.357 e. The number of nitrogens with zero attached hydrogens (tertiary/aromatic N) is 3. The van der Waals surface area contributed by atoms with Crippen LogP contribution >= 0.6 is 0 Å². The minimum absolute atomic E-state index is 0.0287. The van der Waals surface area contributed by atoms with E-state index in [1.54, 1.807) is 11.8 Å². The predicted molar refractivity (Wildman–Crippen MR) is 98.3 cm³/mol. The third kappa shape index (κ3) is 6.11. The van der Waals surface area contributed by atoms with Crippen molar-refractivity contribution in [3.8, 4) is 0 Å². The molecule has 0 saturated heterocycles. The summed E-state index contributed by atoms with van der Waals surface area (Å²) in [6.45, 7) is 2.61. The van der Waals surface area contributed by atoms with Gasteiger partial charge in [0.1, 0.15) is 11.9 Å². The number of aromatic nitrogens is 2. The summed E-state index contributed by atoms with van der Waals surface area (Å²) in [4.78, 5) is 33.6. The molecule has 0 unspecified atom stereocenters. The van der Waals surface area contributed by atoms with Gasteiger partial charge in [-0.3, -0.25) is 19.8 Å². The summed E-state index contributed by atoms with van der Waals surface area (Å²) < 4.78 is 0. The lowest BCUT2D eigenvalue weighted by atomic mass is 9.89. The summed E-state index contributed by atoms with van der Waals surface area (Å²) in [6.07, 6.45) is 11.8. The molecule has 0 aliphatic heterocycles. The second-order valence-corrected chi connectivity index (χ2v) is 6.72. The van der Waals surface area contributed by atoms with Crippen molar-refractivity contribution >= 4 is 23.7 Å². The first-order valence-electron chi connectivity index (χ1n) is 8.95. The van der Waals surface area contributed by atoms with Gasteiger partial charge in [0.05, 0.1) is 18.1 Å². The highest BCUT2D eigenvalue weighted by molar-refractivity contribution is 5.90. The van der Waals surface area contributed by atoms with Crippen LogP contribution in [0.5, 0.6) is 0 Å².